The summed E-state index contributed by atoms with van der Waals surface area (Å²) in [5.41, 5.74) is 5.68. The first-order valence-electron chi connectivity index (χ1n) is 6.43. The van der Waals surface area contributed by atoms with Crippen LogP contribution in [0.3, 0.4) is 0 Å². The molecule has 0 radical (unpaired) electrons. The van der Waals surface area contributed by atoms with Crippen molar-refractivity contribution in [1.29, 1.82) is 0 Å². The van der Waals surface area contributed by atoms with E-state index in [1.165, 1.54) is 11.8 Å². The number of amides is 1. The normalized spacial score (nSPS) is 10.9. The first kappa shape index (κ1) is 16.7. The summed E-state index contributed by atoms with van der Waals surface area (Å²) in [5, 5.41) is 3.47. The maximum Gasteiger partial charge on any atom is 0.231 e. The summed E-state index contributed by atoms with van der Waals surface area (Å²) in [6, 6.07) is 5.24. The minimum absolute atomic E-state index is 0.0930. The molecule has 3 N–H and O–H groups in total. The molecule has 108 valence electrons. The van der Waals surface area contributed by atoms with Crippen molar-refractivity contribution in [3.05, 3.63) is 23.2 Å². The van der Waals surface area contributed by atoms with Crippen LogP contribution in [-0.4, -0.2) is 17.2 Å². The number of carbonyl (C=O) groups is 1. The number of nitrogen functional groups attached to an aromatic ring is 1. The molecule has 0 aromatic heterocycles. The number of carbonyl (C=O) groups excluding carboxylic acids is 1. The molecule has 3 nitrogen and oxygen atoms in total. The van der Waals surface area contributed by atoms with E-state index >= 15 is 0 Å². The van der Waals surface area contributed by atoms with E-state index in [9.17, 15) is 4.79 Å². The molecule has 0 heterocycles. The molecule has 20 heavy (non-hydrogen) atoms. The van der Waals surface area contributed by atoms with E-state index < -0.39 is 5.54 Å². The Bertz CT molecular complexity index is 521. The number of terminal acetylenes is 1. The van der Waals surface area contributed by atoms with Gasteiger partial charge in [-0.1, -0.05) is 31.4 Å². The summed E-state index contributed by atoms with van der Waals surface area (Å²) in [6.45, 7) is 3.93. The summed E-state index contributed by atoms with van der Waals surface area (Å²) >= 11 is 7.43. The van der Waals surface area contributed by atoms with Gasteiger partial charge in [-0.2, -0.15) is 0 Å². The van der Waals surface area contributed by atoms with Crippen LogP contribution in [0.15, 0.2) is 23.1 Å². The second-order valence-electron chi connectivity index (χ2n) is 4.46. The van der Waals surface area contributed by atoms with Crippen LogP contribution in [0.5, 0.6) is 0 Å². The number of thioether (sulfide) groups is 1. The number of benzene rings is 1. The molecule has 1 amide bonds. The zero-order valence-corrected chi connectivity index (χ0v) is 13.3. The Balaban J connectivity index is 2.62. The molecule has 0 bridgehead atoms. The molecule has 1 aromatic carbocycles. The fourth-order valence-corrected chi connectivity index (χ4v) is 2.82. The average molecular weight is 311 g/mol. The maximum absolute atomic E-state index is 12.0. The molecule has 1 rings (SSSR count). The molecule has 0 saturated carbocycles. The second kappa shape index (κ2) is 7.47. The highest BCUT2D eigenvalue weighted by molar-refractivity contribution is 8.00. The number of hydrogen-bond donors (Lipinski definition) is 2. The number of anilines is 1. The lowest BCUT2D eigenvalue weighted by atomic mass is 9.94. The third kappa shape index (κ3) is 4.36. The first-order valence-corrected chi connectivity index (χ1v) is 7.79. The van der Waals surface area contributed by atoms with Crippen molar-refractivity contribution in [2.45, 2.75) is 37.1 Å². The van der Waals surface area contributed by atoms with Crippen LogP contribution in [0.25, 0.3) is 0 Å². The van der Waals surface area contributed by atoms with Gasteiger partial charge >= 0.3 is 0 Å². The largest absolute Gasteiger partial charge is 0.399 e. The average Bonchev–Trinajstić information content (AvgIpc) is 2.44. The number of hydrogen-bond acceptors (Lipinski definition) is 3. The summed E-state index contributed by atoms with van der Waals surface area (Å²) in [7, 11) is 0. The van der Waals surface area contributed by atoms with Crippen molar-refractivity contribution in [1.82, 2.24) is 5.32 Å². The fourth-order valence-electron chi connectivity index (χ4n) is 1.75. The van der Waals surface area contributed by atoms with Crippen LogP contribution < -0.4 is 11.1 Å². The minimum Gasteiger partial charge on any atom is -0.399 e. The van der Waals surface area contributed by atoms with Crippen LogP contribution in [0.2, 0.25) is 5.02 Å². The molecule has 5 heteroatoms. The van der Waals surface area contributed by atoms with Crippen molar-refractivity contribution in [3.63, 3.8) is 0 Å². The maximum atomic E-state index is 12.0. The third-order valence-corrected chi connectivity index (χ3v) is 4.68. The standard InChI is InChI=1S/C15H19ClN2OS/c1-4-15(5-2,6-3)18-14(19)10-20-13-8-7-11(17)9-12(13)16/h1,7-9H,5-6,10,17H2,2-3H3,(H,18,19). The Labute approximate surface area is 129 Å². The van der Waals surface area contributed by atoms with Gasteiger partial charge in [-0.3, -0.25) is 4.79 Å². The SMILES string of the molecule is C#CC(CC)(CC)NC(=O)CSc1ccc(N)cc1Cl. The van der Waals surface area contributed by atoms with Crippen LogP contribution >= 0.6 is 23.4 Å². The molecule has 0 fully saturated rings. The summed E-state index contributed by atoms with van der Waals surface area (Å²) in [6.07, 6.45) is 6.93. The Morgan fingerprint density at radius 1 is 1.50 bits per heavy atom. The Kier molecular flexibility index (Phi) is 6.25. The lowest BCUT2D eigenvalue weighted by Crippen LogP contribution is -2.47. The van der Waals surface area contributed by atoms with Crippen molar-refractivity contribution >= 4 is 35.0 Å². The number of nitrogens with two attached hydrogens (primary N) is 1. The molecule has 0 unspecified atom stereocenters. The van der Waals surface area contributed by atoms with Crippen molar-refractivity contribution in [3.8, 4) is 12.3 Å². The van der Waals surface area contributed by atoms with Crippen LogP contribution in [0.1, 0.15) is 26.7 Å². The predicted molar refractivity (Wildman–Crippen MR) is 86.9 cm³/mol. The Morgan fingerprint density at radius 3 is 2.65 bits per heavy atom. The highest BCUT2D eigenvalue weighted by atomic mass is 35.5. The van der Waals surface area contributed by atoms with Gasteiger partial charge in [0.15, 0.2) is 0 Å². The molecule has 0 aliphatic carbocycles. The zero-order chi connectivity index (χ0) is 15.2. The summed E-state index contributed by atoms with van der Waals surface area (Å²) in [5.74, 6) is 2.86. The summed E-state index contributed by atoms with van der Waals surface area (Å²) in [4.78, 5) is 12.8. The van der Waals surface area contributed by atoms with Gasteiger partial charge in [-0.25, -0.2) is 0 Å². The van der Waals surface area contributed by atoms with E-state index in [-0.39, 0.29) is 11.7 Å². The van der Waals surface area contributed by atoms with Gasteiger partial charge in [0.1, 0.15) is 5.54 Å². The van der Waals surface area contributed by atoms with Crippen molar-refractivity contribution in [2.75, 3.05) is 11.5 Å². The molecular formula is C15H19ClN2OS. The molecule has 0 saturated heterocycles. The smallest absolute Gasteiger partial charge is 0.231 e. The van der Waals surface area contributed by atoms with Crippen LogP contribution in [0.4, 0.5) is 5.69 Å². The third-order valence-electron chi connectivity index (χ3n) is 3.18. The lowest BCUT2D eigenvalue weighted by Gasteiger charge is -2.26. The predicted octanol–water partition coefficient (Wildman–Crippen LogP) is 3.32. The molecule has 0 spiro atoms. The monoisotopic (exact) mass is 310 g/mol. The minimum atomic E-state index is -0.553. The Morgan fingerprint density at radius 2 is 2.15 bits per heavy atom. The second-order valence-corrected chi connectivity index (χ2v) is 5.88. The Hall–Kier alpha value is -1.31. The van der Waals surface area contributed by atoms with Gasteiger partial charge in [0.25, 0.3) is 0 Å². The zero-order valence-electron chi connectivity index (χ0n) is 11.7. The van der Waals surface area contributed by atoms with Gasteiger partial charge in [0.05, 0.1) is 10.8 Å². The van der Waals surface area contributed by atoms with E-state index in [1.54, 1.807) is 12.1 Å². The van der Waals surface area contributed by atoms with Crippen molar-refractivity contribution in [2.24, 2.45) is 0 Å². The van der Waals surface area contributed by atoms with Gasteiger partial charge in [-0.05, 0) is 31.0 Å². The number of rotatable bonds is 6. The van der Waals surface area contributed by atoms with Crippen LogP contribution in [-0.2, 0) is 4.79 Å². The van der Waals surface area contributed by atoms with E-state index in [1.807, 2.05) is 19.9 Å². The van der Waals surface area contributed by atoms with Crippen molar-refractivity contribution < 1.29 is 4.79 Å². The van der Waals surface area contributed by atoms with Crippen LogP contribution in [0, 0.1) is 12.3 Å². The van der Waals surface area contributed by atoms with E-state index in [2.05, 4.69) is 11.2 Å². The molecule has 0 atom stereocenters. The van der Waals surface area contributed by atoms with Gasteiger partial charge < -0.3 is 11.1 Å². The van der Waals surface area contributed by atoms with Gasteiger partial charge in [0.2, 0.25) is 5.91 Å². The number of halogens is 1. The molecule has 0 aliphatic heterocycles. The van der Waals surface area contributed by atoms with E-state index in [0.717, 1.165) is 4.90 Å². The summed E-state index contributed by atoms with van der Waals surface area (Å²) < 4.78 is 0. The highest BCUT2D eigenvalue weighted by Crippen LogP contribution is 2.28. The lowest BCUT2D eigenvalue weighted by molar-refractivity contribution is -0.119. The molecule has 1 aromatic rings. The van der Waals surface area contributed by atoms with Gasteiger partial charge in [0, 0.05) is 10.6 Å². The molecular weight excluding hydrogens is 292 g/mol. The van der Waals surface area contributed by atoms with Gasteiger partial charge in [-0.15, -0.1) is 18.2 Å². The topological polar surface area (TPSA) is 55.1 Å². The first-order chi connectivity index (χ1) is 9.46. The quantitative estimate of drug-likeness (QED) is 0.481. The fraction of sp³-hybridized carbons (Fsp3) is 0.400. The van der Waals surface area contributed by atoms with E-state index in [0.29, 0.717) is 23.6 Å². The number of nitrogens with one attached hydrogen (secondary N) is 1. The van der Waals surface area contributed by atoms with E-state index in [4.69, 9.17) is 23.8 Å². The highest BCUT2D eigenvalue weighted by Gasteiger charge is 2.25. The molecule has 0 aliphatic rings.